The van der Waals surface area contributed by atoms with Crippen molar-refractivity contribution in [2.24, 2.45) is 0 Å². The number of nitrogens with zero attached hydrogens (tertiary/aromatic N) is 2. The third kappa shape index (κ3) is 4.56. The van der Waals surface area contributed by atoms with Crippen LogP contribution in [0.25, 0.3) is 10.8 Å². The zero-order valence-electron chi connectivity index (χ0n) is 21.1. The SMILES string of the molecule is CC[C@@H](C)N(CC(=O)N1CCc2sccc2[C@@H]1c1ccccc1C)C(=O)c1ccc2ccccc2c1. The molecule has 1 aliphatic heterocycles. The Labute approximate surface area is 217 Å². The maximum Gasteiger partial charge on any atom is 0.254 e. The lowest BCUT2D eigenvalue weighted by molar-refractivity contribution is -0.134. The lowest BCUT2D eigenvalue weighted by Gasteiger charge is -2.39. The Balaban J connectivity index is 1.46. The van der Waals surface area contributed by atoms with E-state index in [0.717, 1.165) is 29.2 Å². The van der Waals surface area contributed by atoms with Gasteiger partial charge >= 0.3 is 0 Å². The van der Waals surface area contributed by atoms with E-state index in [1.807, 2.05) is 66.4 Å². The summed E-state index contributed by atoms with van der Waals surface area (Å²) in [5.74, 6) is -0.0985. The van der Waals surface area contributed by atoms with Crippen molar-refractivity contribution in [1.82, 2.24) is 9.80 Å². The van der Waals surface area contributed by atoms with E-state index in [-0.39, 0.29) is 30.4 Å². The topological polar surface area (TPSA) is 40.6 Å². The van der Waals surface area contributed by atoms with Crippen molar-refractivity contribution in [3.63, 3.8) is 0 Å². The van der Waals surface area contributed by atoms with E-state index in [2.05, 4.69) is 37.4 Å². The number of carbonyl (C=O) groups is 2. The molecule has 5 rings (SSSR count). The zero-order chi connectivity index (χ0) is 25.2. The smallest absolute Gasteiger partial charge is 0.254 e. The predicted molar refractivity (Wildman–Crippen MR) is 147 cm³/mol. The number of amides is 2. The number of carbonyl (C=O) groups excluding carboxylic acids is 2. The van der Waals surface area contributed by atoms with Crippen molar-refractivity contribution in [3.8, 4) is 0 Å². The first kappa shape index (κ1) is 24.3. The monoisotopic (exact) mass is 496 g/mol. The van der Waals surface area contributed by atoms with Gasteiger partial charge in [0.1, 0.15) is 6.54 Å². The molecule has 1 aliphatic rings. The van der Waals surface area contributed by atoms with Crippen LogP contribution in [-0.4, -0.2) is 40.7 Å². The molecule has 4 aromatic rings. The minimum atomic E-state index is -0.122. The largest absolute Gasteiger partial charge is 0.330 e. The van der Waals surface area contributed by atoms with Gasteiger partial charge in [-0.1, -0.05) is 61.5 Å². The fourth-order valence-electron chi connectivity index (χ4n) is 5.19. The molecule has 0 unspecified atom stereocenters. The highest BCUT2D eigenvalue weighted by molar-refractivity contribution is 7.10. The van der Waals surface area contributed by atoms with E-state index in [4.69, 9.17) is 0 Å². The summed E-state index contributed by atoms with van der Waals surface area (Å²) >= 11 is 1.77. The molecule has 0 bridgehead atoms. The molecule has 0 spiro atoms. The van der Waals surface area contributed by atoms with Crippen molar-refractivity contribution in [1.29, 1.82) is 0 Å². The quantitative estimate of drug-likeness (QED) is 0.301. The zero-order valence-corrected chi connectivity index (χ0v) is 21.9. The van der Waals surface area contributed by atoms with Gasteiger partial charge in [0, 0.05) is 23.0 Å². The summed E-state index contributed by atoms with van der Waals surface area (Å²) in [7, 11) is 0. The Morgan fingerprint density at radius 2 is 1.75 bits per heavy atom. The standard InChI is InChI=1S/C31H32N2O2S/c1-4-22(3)33(31(35)25-14-13-23-10-6-7-11-24(23)19-25)20-29(34)32-17-15-28-27(16-18-36-28)30(32)26-12-8-5-9-21(26)2/h5-14,16,18-19,22,30H,4,15,17,20H2,1-3H3/t22-,30+/m1/s1. The summed E-state index contributed by atoms with van der Waals surface area (Å²) in [6.07, 6.45) is 1.63. The van der Waals surface area contributed by atoms with E-state index in [1.165, 1.54) is 16.0 Å². The van der Waals surface area contributed by atoms with E-state index < -0.39 is 0 Å². The molecule has 0 saturated heterocycles. The van der Waals surface area contributed by atoms with Gasteiger partial charge in [-0.15, -0.1) is 11.3 Å². The van der Waals surface area contributed by atoms with Gasteiger partial charge in [-0.2, -0.15) is 0 Å². The maximum absolute atomic E-state index is 13.9. The number of rotatable bonds is 6. The molecule has 36 heavy (non-hydrogen) atoms. The van der Waals surface area contributed by atoms with Crippen LogP contribution < -0.4 is 0 Å². The van der Waals surface area contributed by atoms with Crippen LogP contribution in [0.4, 0.5) is 0 Å². The normalized spacial score (nSPS) is 16.0. The lowest BCUT2D eigenvalue weighted by atomic mass is 9.90. The highest BCUT2D eigenvalue weighted by Crippen LogP contribution is 2.39. The number of benzene rings is 3. The Bertz CT molecular complexity index is 1410. The number of fused-ring (bicyclic) bond motifs is 2. The van der Waals surface area contributed by atoms with Gasteiger partial charge in [0.25, 0.3) is 5.91 Å². The molecule has 184 valence electrons. The molecule has 2 amide bonds. The Morgan fingerprint density at radius 1 is 1.00 bits per heavy atom. The fraction of sp³-hybridized carbons (Fsp3) is 0.290. The molecule has 1 aromatic heterocycles. The molecule has 2 atom stereocenters. The van der Waals surface area contributed by atoms with Crippen LogP contribution in [-0.2, 0) is 11.2 Å². The van der Waals surface area contributed by atoms with Crippen molar-refractivity contribution < 1.29 is 9.59 Å². The van der Waals surface area contributed by atoms with E-state index in [9.17, 15) is 9.59 Å². The van der Waals surface area contributed by atoms with Crippen LogP contribution in [0.1, 0.15) is 58.2 Å². The fourth-order valence-corrected chi connectivity index (χ4v) is 6.09. The Morgan fingerprint density at radius 3 is 2.53 bits per heavy atom. The molecule has 0 radical (unpaired) electrons. The van der Waals surface area contributed by atoms with Crippen LogP contribution in [0.15, 0.2) is 78.2 Å². The van der Waals surface area contributed by atoms with Gasteiger partial charge in [0.2, 0.25) is 5.91 Å². The maximum atomic E-state index is 13.9. The second-order valence-electron chi connectivity index (χ2n) is 9.65. The Kier molecular flexibility index (Phi) is 6.92. The molecular formula is C31H32N2O2S. The number of thiophene rings is 1. The predicted octanol–water partition coefficient (Wildman–Crippen LogP) is 6.62. The summed E-state index contributed by atoms with van der Waals surface area (Å²) in [6.45, 7) is 6.92. The summed E-state index contributed by atoms with van der Waals surface area (Å²) < 4.78 is 0. The lowest BCUT2D eigenvalue weighted by Crippen LogP contribution is -2.49. The van der Waals surface area contributed by atoms with E-state index in [1.54, 1.807) is 16.2 Å². The second kappa shape index (κ2) is 10.3. The van der Waals surface area contributed by atoms with Crippen LogP contribution in [0.3, 0.4) is 0 Å². The first-order valence-electron chi connectivity index (χ1n) is 12.7. The Hall–Kier alpha value is -3.44. The van der Waals surface area contributed by atoms with Crippen molar-refractivity contribution in [3.05, 3.63) is 105 Å². The molecule has 2 heterocycles. The van der Waals surface area contributed by atoms with Gasteiger partial charge in [0.15, 0.2) is 0 Å². The van der Waals surface area contributed by atoms with Gasteiger partial charge in [-0.05, 0) is 77.7 Å². The van der Waals surface area contributed by atoms with Crippen LogP contribution in [0.2, 0.25) is 0 Å². The highest BCUT2D eigenvalue weighted by Gasteiger charge is 2.35. The molecule has 0 saturated carbocycles. The van der Waals surface area contributed by atoms with Crippen LogP contribution in [0.5, 0.6) is 0 Å². The minimum absolute atomic E-state index is 0.00505. The third-order valence-corrected chi connectivity index (χ3v) is 8.45. The number of hydrogen-bond donors (Lipinski definition) is 0. The van der Waals surface area contributed by atoms with Gasteiger partial charge < -0.3 is 9.80 Å². The molecule has 0 aliphatic carbocycles. The molecule has 0 fully saturated rings. The second-order valence-corrected chi connectivity index (χ2v) is 10.6. The first-order valence-corrected chi connectivity index (χ1v) is 13.6. The summed E-state index contributed by atoms with van der Waals surface area (Å²) in [4.78, 5) is 32.8. The third-order valence-electron chi connectivity index (χ3n) is 7.46. The van der Waals surface area contributed by atoms with Crippen LogP contribution in [0, 0.1) is 6.92 Å². The summed E-state index contributed by atoms with van der Waals surface area (Å²) in [5, 5.41) is 4.25. The van der Waals surface area contributed by atoms with Crippen molar-refractivity contribution in [2.45, 2.75) is 45.7 Å². The van der Waals surface area contributed by atoms with Crippen molar-refractivity contribution in [2.75, 3.05) is 13.1 Å². The molecule has 3 aromatic carbocycles. The molecular weight excluding hydrogens is 464 g/mol. The van der Waals surface area contributed by atoms with Gasteiger partial charge in [0.05, 0.1) is 6.04 Å². The highest BCUT2D eigenvalue weighted by atomic mass is 32.1. The van der Waals surface area contributed by atoms with E-state index >= 15 is 0 Å². The number of hydrogen-bond acceptors (Lipinski definition) is 3. The summed E-state index contributed by atoms with van der Waals surface area (Å²) in [5.41, 5.74) is 4.16. The van der Waals surface area contributed by atoms with Crippen LogP contribution >= 0.6 is 11.3 Å². The molecule has 0 N–H and O–H groups in total. The van der Waals surface area contributed by atoms with E-state index in [0.29, 0.717) is 12.1 Å². The summed E-state index contributed by atoms with van der Waals surface area (Å²) in [6, 6.07) is 24.1. The molecule has 4 nitrogen and oxygen atoms in total. The number of aryl methyl sites for hydroxylation is 1. The van der Waals surface area contributed by atoms with Crippen molar-refractivity contribution >= 4 is 33.9 Å². The minimum Gasteiger partial charge on any atom is -0.330 e. The van der Waals surface area contributed by atoms with Gasteiger partial charge in [-0.25, -0.2) is 0 Å². The average Bonchev–Trinajstić information content (AvgIpc) is 3.39. The molecule has 5 heteroatoms. The average molecular weight is 497 g/mol. The first-order chi connectivity index (χ1) is 17.5. The van der Waals surface area contributed by atoms with Gasteiger partial charge in [-0.3, -0.25) is 9.59 Å².